The third-order valence-electron chi connectivity index (χ3n) is 5.22. The number of fused-ring (bicyclic) bond motifs is 1. The van der Waals surface area contributed by atoms with Crippen LogP contribution in [-0.4, -0.2) is 29.8 Å². The lowest BCUT2D eigenvalue weighted by Gasteiger charge is -2.11. The molecule has 1 amide bonds. The van der Waals surface area contributed by atoms with E-state index in [1.807, 2.05) is 12.1 Å². The third-order valence-corrected chi connectivity index (χ3v) is 5.96. The Morgan fingerprint density at radius 1 is 0.882 bits per heavy atom. The molecule has 1 N–H and O–H groups in total. The van der Waals surface area contributed by atoms with Gasteiger partial charge in [-0.25, -0.2) is 0 Å². The summed E-state index contributed by atoms with van der Waals surface area (Å²) in [5.41, 5.74) is 2.04. The molecule has 0 saturated heterocycles. The van der Waals surface area contributed by atoms with Crippen LogP contribution in [0.1, 0.15) is 32.0 Å². The highest BCUT2D eigenvalue weighted by atomic mass is 35.5. The van der Waals surface area contributed by atoms with Gasteiger partial charge in [-0.3, -0.25) is 19.4 Å². The number of carbonyl (C=O) groups is 3. The molecule has 4 aromatic rings. The van der Waals surface area contributed by atoms with Crippen LogP contribution in [0.3, 0.4) is 0 Å². The lowest BCUT2D eigenvalue weighted by Crippen LogP contribution is -2.13. The van der Waals surface area contributed by atoms with E-state index in [1.54, 1.807) is 48.5 Å². The molecule has 1 heterocycles. The zero-order valence-corrected chi connectivity index (χ0v) is 19.5. The summed E-state index contributed by atoms with van der Waals surface area (Å²) in [6.45, 7) is 0. The molecule has 0 unspecified atom stereocenters. The minimum atomic E-state index is -0.392. The number of hydrogen-bond donors (Lipinski definition) is 1. The molecule has 0 radical (unpaired) electrons. The molecule has 3 aromatic carbocycles. The van der Waals surface area contributed by atoms with Gasteiger partial charge in [0.05, 0.1) is 23.6 Å². The number of halogens is 2. The third kappa shape index (κ3) is 4.93. The number of nitrogens with zero attached hydrogens (tertiary/aromatic N) is 1. The molecule has 0 spiro atoms. The number of rotatable bonds is 6. The Hall–Kier alpha value is -3.74. The van der Waals surface area contributed by atoms with Gasteiger partial charge in [0.2, 0.25) is 5.78 Å². The van der Waals surface area contributed by atoms with Gasteiger partial charge in [0.1, 0.15) is 5.69 Å². The van der Waals surface area contributed by atoms with Crippen LogP contribution in [0.4, 0.5) is 5.69 Å². The van der Waals surface area contributed by atoms with Gasteiger partial charge in [0.25, 0.3) is 5.91 Å². The van der Waals surface area contributed by atoms with Gasteiger partial charge in [-0.15, -0.1) is 0 Å². The SMILES string of the molecule is COC(=O)Cc1cnc(C(=O)c2cccc(NC(=O)c3ccc(Cl)c(Cl)c3)c2)c2ccccc12. The average Bonchev–Trinajstić information content (AvgIpc) is 2.85. The highest BCUT2D eigenvalue weighted by molar-refractivity contribution is 6.42. The van der Waals surface area contributed by atoms with Crippen LogP contribution >= 0.6 is 23.2 Å². The average molecular weight is 493 g/mol. The minimum Gasteiger partial charge on any atom is -0.469 e. The van der Waals surface area contributed by atoms with E-state index < -0.39 is 5.97 Å². The predicted octanol–water partition coefficient (Wildman–Crippen LogP) is 5.74. The minimum absolute atomic E-state index is 0.0503. The summed E-state index contributed by atoms with van der Waals surface area (Å²) in [6.07, 6.45) is 1.57. The summed E-state index contributed by atoms with van der Waals surface area (Å²) >= 11 is 11.9. The van der Waals surface area contributed by atoms with Gasteiger partial charge in [0, 0.05) is 28.4 Å². The second-order valence-electron chi connectivity index (χ2n) is 7.42. The molecule has 6 nitrogen and oxygen atoms in total. The number of anilines is 1. The van der Waals surface area contributed by atoms with E-state index in [4.69, 9.17) is 27.9 Å². The second kappa shape index (κ2) is 10.0. The Labute approximate surface area is 205 Å². The van der Waals surface area contributed by atoms with Gasteiger partial charge in [-0.2, -0.15) is 0 Å². The van der Waals surface area contributed by atoms with Crippen LogP contribution in [0.25, 0.3) is 10.8 Å². The molecule has 0 aliphatic heterocycles. The van der Waals surface area contributed by atoms with Crippen molar-refractivity contribution in [1.29, 1.82) is 0 Å². The van der Waals surface area contributed by atoms with Gasteiger partial charge in [0.15, 0.2) is 0 Å². The standard InChI is InChI=1S/C26H18Cl2N2O4/c1-34-23(31)13-17-14-29-24(20-8-3-2-7-19(17)20)25(32)15-5-4-6-18(11-15)30-26(33)16-9-10-21(27)22(28)12-16/h2-12,14H,13H2,1H3,(H,30,33). The number of aromatic nitrogens is 1. The maximum absolute atomic E-state index is 13.3. The van der Waals surface area contributed by atoms with E-state index >= 15 is 0 Å². The zero-order chi connectivity index (χ0) is 24.2. The Kier molecular flexibility index (Phi) is 6.91. The van der Waals surface area contributed by atoms with Crippen LogP contribution in [0.15, 0.2) is 72.9 Å². The number of esters is 1. The Bertz CT molecular complexity index is 1440. The lowest BCUT2D eigenvalue weighted by atomic mass is 9.98. The largest absolute Gasteiger partial charge is 0.469 e. The van der Waals surface area contributed by atoms with Gasteiger partial charge in [-0.1, -0.05) is 59.6 Å². The zero-order valence-electron chi connectivity index (χ0n) is 18.0. The first-order valence-corrected chi connectivity index (χ1v) is 11.0. The number of ether oxygens (including phenoxy) is 1. The fourth-order valence-corrected chi connectivity index (χ4v) is 3.81. The van der Waals surface area contributed by atoms with E-state index in [2.05, 4.69) is 10.3 Å². The number of ketones is 1. The fraction of sp³-hybridized carbons (Fsp3) is 0.0769. The maximum Gasteiger partial charge on any atom is 0.310 e. The normalized spacial score (nSPS) is 10.7. The maximum atomic E-state index is 13.3. The topological polar surface area (TPSA) is 85.4 Å². The van der Waals surface area contributed by atoms with Crippen LogP contribution < -0.4 is 5.32 Å². The number of methoxy groups -OCH3 is 1. The molecule has 0 fully saturated rings. The summed E-state index contributed by atoms with van der Waals surface area (Å²) in [7, 11) is 1.32. The van der Waals surface area contributed by atoms with E-state index in [0.29, 0.717) is 32.8 Å². The van der Waals surface area contributed by atoms with Crippen LogP contribution in [0.5, 0.6) is 0 Å². The first-order valence-electron chi connectivity index (χ1n) is 10.2. The van der Waals surface area contributed by atoms with Crippen molar-refractivity contribution in [1.82, 2.24) is 4.98 Å². The number of pyridine rings is 1. The van der Waals surface area contributed by atoms with Crippen molar-refractivity contribution in [2.75, 3.05) is 12.4 Å². The van der Waals surface area contributed by atoms with Crippen molar-refractivity contribution in [2.45, 2.75) is 6.42 Å². The number of benzene rings is 3. The highest BCUT2D eigenvalue weighted by Gasteiger charge is 2.18. The Morgan fingerprint density at radius 3 is 2.38 bits per heavy atom. The predicted molar refractivity (Wildman–Crippen MR) is 132 cm³/mol. The molecule has 34 heavy (non-hydrogen) atoms. The number of carbonyl (C=O) groups excluding carboxylic acids is 3. The lowest BCUT2D eigenvalue weighted by molar-refractivity contribution is -0.139. The molecule has 8 heteroatoms. The first kappa shape index (κ1) is 23.4. The van der Waals surface area contributed by atoms with Crippen molar-refractivity contribution >= 4 is 57.3 Å². The van der Waals surface area contributed by atoms with Gasteiger partial charge >= 0.3 is 5.97 Å². The van der Waals surface area contributed by atoms with Gasteiger partial charge in [-0.05, 0) is 41.3 Å². The molecule has 4 rings (SSSR count). The van der Waals surface area contributed by atoms with Crippen LogP contribution in [-0.2, 0) is 16.0 Å². The monoisotopic (exact) mass is 492 g/mol. The molecular weight excluding hydrogens is 475 g/mol. The van der Waals surface area contributed by atoms with Crippen molar-refractivity contribution < 1.29 is 19.1 Å². The van der Waals surface area contributed by atoms with E-state index in [0.717, 1.165) is 5.39 Å². The van der Waals surface area contributed by atoms with Crippen molar-refractivity contribution in [3.05, 3.63) is 105 Å². The Morgan fingerprint density at radius 2 is 1.65 bits per heavy atom. The molecule has 170 valence electrons. The summed E-state index contributed by atoms with van der Waals surface area (Å²) in [5.74, 6) is -1.10. The summed E-state index contributed by atoms with van der Waals surface area (Å²) in [6, 6.07) is 18.4. The first-order chi connectivity index (χ1) is 16.4. The molecule has 0 aliphatic carbocycles. The molecule has 0 atom stereocenters. The highest BCUT2D eigenvalue weighted by Crippen LogP contribution is 2.26. The Balaban J connectivity index is 1.63. The van der Waals surface area contributed by atoms with E-state index in [9.17, 15) is 14.4 Å². The molecule has 0 saturated carbocycles. The summed E-state index contributed by atoms with van der Waals surface area (Å²) in [4.78, 5) is 42.1. The van der Waals surface area contributed by atoms with Crippen LogP contribution in [0.2, 0.25) is 10.0 Å². The summed E-state index contributed by atoms with van der Waals surface area (Å²) < 4.78 is 4.76. The summed E-state index contributed by atoms with van der Waals surface area (Å²) in [5, 5.41) is 4.75. The van der Waals surface area contributed by atoms with Gasteiger partial charge < -0.3 is 10.1 Å². The van der Waals surface area contributed by atoms with Crippen LogP contribution in [0, 0.1) is 0 Å². The molecular formula is C26H18Cl2N2O4. The quantitative estimate of drug-likeness (QED) is 0.274. The van der Waals surface area contributed by atoms with E-state index in [-0.39, 0.29) is 28.8 Å². The van der Waals surface area contributed by atoms with E-state index in [1.165, 1.54) is 19.4 Å². The molecule has 0 bridgehead atoms. The number of nitrogens with one attached hydrogen (secondary N) is 1. The van der Waals surface area contributed by atoms with Crippen molar-refractivity contribution in [3.8, 4) is 0 Å². The molecule has 0 aliphatic rings. The number of hydrogen-bond acceptors (Lipinski definition) is 5. The smallest absolute Gasteiger partial charge is 0.310 e. The second-order valence-corrected chi connectivity index (χ2v) is 8.24. The van der Waals surface area contributed by atoms with Crippen molar-refractivity contribution in [2.24, 2.45) is 0 Å². The van der Waals surface area contributed by atoms with Crippen molar-refractivity contribution in [3.63, 3.8) is 0 Å². The fourth-order valence-electron chi connectivity index (χ4n) is 3.52. The number of amides is 1. The molecule has 1 aromatic heterocycles.